The molecule has 8 heavy (non-hydrogen) atoms. The first kappa shape index (κ1) is 7.70. The topological polar surface area (TPSA) is 12.4 Å². The van der Waals surface area contributed by atoms with Gasteiger partial charge < -0.3 is 0 Å². The summed E-state index contributed by atoms with van der Waals surface area (Å²) < 4.78 is 0. The molecule has 0 spiro atoms. The smallest absolute Gasteiger partial charge is 0.125 e. The summed E-state index contributed by atoms with van der Waals surface area (Å²) in [5, 5.41) is 0.535. The van der Waals surface area contributed by atoms with Gasteiger partial charge in [0.15, 0.2) is 0 Å². The van der Waals surface area contributed by atoms with Crippen LogP contribution in [0.25, 0.3) is 0 Å². The summed E-state index contributed by atoms with van der Waals surface area (Å²) in [5.74, 6) is 0. The van der Waals surface area contributed by atoms with Crippen molar-refractivity contribution in [2.24, 2.45) is 4.99 Å². The summed E-state index contributed by atoms with van der Waals surface area (Å²) >= 11 is 5.57. The molecule has 0 bridgehead atoms. The van der Waals surface area contributed by atoms with Crippen LogP contribution in [-0.2, 0) is 0 Å². The summed E-state index contributed by atoms with van der Waals surface area (Å²) in [5.41, 5.74) is 0.897. The molecule has 0 heterocycles. The van der Waals surface area contributed by atoms with Crippen LogP contribution in [-0.4, -0.2) is 12.2 Å². The summed E-state index contributed by atoms with van der Waals surface area (Å²) in [6.45, 7) is 5.68. The molecule has 0 aromatic heterocycles. The minimum absolute atomic E-state index is 0.535. The Labute approximate surface area is 55.1 Å². The Morgan fingerprint density at radius 1 is 1.75 bits per heavy atom. The van der Waals surface area contributed by atoms with E-state index >= 15 is 0 Å². The number of hydrogen-bond donors (Lipinski definition) is 0. The van der Waals surface area contributed by atoms with Crippen molar-refractivity contribution in [3.05, 3.63) is 12.2 Å². The van der Waals surface area contributed by atoms with Gasteiger partial charge in [-0.15, -0.1) is 0 Å². The lowest BCUT2D eigenvalue weighted by Gasteiger charge is -1.93. The second-order valence-corrected chi connectivity index (χ2v) is 1.83. The van der Waals surface area contributed by atoms with Gasteiger partial charge in [0.2, 0.25) is 0 Å². The third kappa shape index (κ3) is 2.12. The molecule has 0 amide bonds. The van der Waals surface area contributed by atoms with E-state index in [1.54, 1.807) is 7.05 Å². The molecule has 0 radical (unpaired) electrons. The molecule has 0 saturated carbocycles. The highest BCUT2D eigenvalue weighted by Crippen LogP contribution is 2.02. The average Bonchev–Trinajstić information content (AvgIpc) is 1.84. The maximum Gasteiger partial charge on any atom is 0.125 e. The molecule has 0 unspecified atom stereocenters. The van der Waals surface area contributed by atoms with Crippen molar-refractivity contribution >= 4 is 16.8 Å². The molecular formula is C6H10ClN. The molecule has 2 heteroatoms. The Balaban J connectivity index is 3.83. The predicted octanol–water partition coefficient (Wildman–Crippen LogP) is 2.22. The van der Waals surface area contributed by atoms with Crippen molar-refractivity contribution in [1.82, 2.24) is 0 Å². The highest BCUT2D eigenvalue weighted by Gasteiger charge is 1.93. The second kappa shape index (κ2) is 3.67. The van der Waals surface area contributed by atoms with Crippen molar-refractivity contribution in [1.29, 1.82) is 0 Å². The van der Waals surface area contributed by atoms with Crippen molar-refractivity contribution in [3.63, 3.8) is 0 Å². The third-order valence-electron chi connectivity index (χ3n) is 0.915. The van der Waals surface area contributed by atoms with E-state index in [0.717, 1.165) is 12.0 Å². The van der Waals surface area contributed by atoms with Gasteiger partial charge in [-0.05, 0) is 12.0 Å². The fourth-order valence-electron chi connectivity index (χ4n) is 0.304. The van der Waals surface area contributed by atoms with Gasteiger partial charge in [-0.2, -0.15) is 0 Å². The Hall–Kier alpha value is -0.300. The van der Waals surface area contributed by atoms with E-state index in [-0.39, 0.29) is 0 Å². The number of hydrogen-bond acceptors (Lipinski definition) is 1. The highest BCUT2D eigenvalue weighted by atomic mass is 35.5. The minimum Gasteiger partial charge on any atom is -0.276 e. The Morgan fingerprint density at radius 3 is 2.38 bits per heavy atom. The van der Waals surface area contributed by atoms with Gasteiger partial charge >= 0.3 is 0 Å². The standard InChI is InChI=1S/C6H10ClN/c1-4-5(2)6(7)8-3/h2,4H2,1,3H3. The van der Waals surface area contributed by atoms with E-state index in [2.05, 4.69) is 11.6 Å². The van der Waals surface area contributed by atoms with E-state index in [0.29, 0.717) is 5.17 Å². The van der Waals surface area contributed by atoms with Crippen LogP contribution in [0.15, 0.2) is 17.1 Å². The molecule has 0 fully saturated rings. The molecule has 0 N–H and O–H groups in total. The van der Waals surface area contributed by atoms with E-state index in [1.165, 1.54) is 0 Å². The van der Waals surface area contributed by atoms with Gasteiger partial charge in [0.25, 0.3) is 0 Å². The number of allylic oxidation sites excluding steroid dienone is 1. The van der Waals surface area contributed by atoms with Crippen LogP contribution in [0.3, 0.4) is 0 Å². The molecule has 46 valence electrons. The second-order valence-electron chi connectivity index (χ2n) is 1.47. The first-order valence-corrected chi connectivity index (χ1v) is 2.90. The minimum atomic E-state index is 0.535. The summed E-state index contributed by atoms with van der Waals surface area (Å²) in [6.07, 6.45) is 0.871. The lowest BCUT2D eigenvalue weighted by molar-refractivity contribution is 1.18. The van der Waals surface area contributed by atoms with Gasteiger partial charge in [0.1, 0.15) is 5.17 Å². The van der Waals surface area contributed by atoms with Crippen LogP contribution in [0.5, 0.6) is 0 Å². The highest BCUT2D eigenvalue weighted by molar-refractivity contribution is 6.69. The normalized spacial score (nSPS) is 11.6. The Morgan fingerprint density at radius 2 is 2.25 bits per heavy atom. The van der Waals surface area contributed by atoms with Crippen LogP contribution < -0.4 is 0 Å². The van der Waals surface area contributed by atoms with Gasteiger partial charge in [-0.1, -0.05) is 25.1 Å². The number of nitrogens with zero attached hydrogens (tertiary/aromatic N) is 1. The summed E-state index contributed by atoms with van der Waals surface area (Å²) in [6, 6.07) is 0. The third-order valence-corrected chi connectivity index (χ3v) is 1.35. The zero-order valence-corrected chi connectivity index (χ0v) is 6.00. The van der Waals surface area contributed by atoms with Crippen molar-refractivity contribution in [2.45, 2.75) is 13.3 Å². The number of halogens is 1. The SMILES string of the molecule is C=C(CC)C(Cl)=NC. The molecule has 0 saturated heterocycles. The van der Waals surface area contributed by atoms with E-state index in [9.17, 15) is 0 Å². The van der Waals surface area contributed by atoms with E-state index < -0.39 is 0 Å². The summed E-state index contributed by atoms with van der Waals surface area (Å²) in [7, 11) is 1.66. The zero-order valence-electron chi connectivity index (χ0n) is 5.24. The Kier molecular flexibility index (Phi) is 3.53. The van der Waals surface area contributed by atoms with Crippen molar-refractivity contribution in [3.8, 4) is 0 Å². The van der Waals surface area contributed by atoms with E-state index in [1.807, 2.05) is 6.92 Å². The van der Waals surface area contributed by atoms with Crippen LogP contribution in [0.2, 0.25) is 0 Å². The molecule has 0 aromatic carbocycles. The molecule has 0 aliphatic heterocycles. The van der Waals surface area contributed by atoms with Gasteiger partial charge in [0, 0.05) is 7.05 Å². The lowest BCUT2D eigenvalue weighted by Crippen LogP contribution is -1.88. The monoisotopic (exact) mass is 131 g/mol. The van der Waals surface area contributed by atoms with Crippen LogP contribution >= 0.6 is 11.6 Å². The number of rotatable bonds is 2. The maximum atomic E-state index is 5.57. The molecular weight excluding hydrogens is 122 g/mol. The predicted molar refractivity (Wildman–Crippen MR) is 38.6 cm³/mol. The molecule has 0 aromatic rings. The average molecular weight is 132 g/mol. The molecule has 1 nitrogen and oxygen atoms in total. The number of aliphatic imine (C=N–C) groups is 1. The van der Waals surface area contributed by atoms with Crippen molar-refractivity contribution < 1.29 is 0 Å². The fraction of sp³-hybridized carbons (Fsp3) is 0.500. The maximum absolute atomic E-state index is 5.57. The molecule has 0 atom stereocenters. The molecule has 0 aliphatic rings. The van der Waals surface area contributed by atoms with Gasteiger partial charge in [0.05, 0.1) is 0 Å². The zero-order chi connectivity index (χ0) is 6.57. The largest absolute Gasteiger partial charge is 0.276 e. The fourth-order valence-corrected chi connectivity index (χ4v) is 0.438. The van der Waals surface area contributed by atoms with Crippen molar-refractivity contribution in [2.75, 3.05) is 7.05 Å². The molecule has 0 rings (SSSR count). The lowest BCUT2D eigenvalue weighted by atomic mass is 10.3. The quantitative estimate of drug-likeness (QED) is 0.510. The van der Waals surface area contributed by atoms with E-state index in [4.69, 9.17) is 11.6 Å². The molecule has 0 aliphatic carbocycles. The first-order chi connectivity index (χ1) is 3.72. The Bertz CT molecular complexity index is 116. The first-order valence-electron chi connectivity index (χ1n) is 2.52. The van der Waals surface area contributed by atoms with Gasteiger partial charge in [-0.3, -0.25) is 4.99 Å². The van der Waals surface area contributed by atoms with Crippen LogP contribution in [0.1, 0.15) is 13.3 Å². The van der Waals surface area contributed by atoms with Crippen LogP contribution in [0, 0.1) is 0 Å². The van der Waals surface area contributed by atoms with Crippen LogP contribution in [0.4, 0.5) is 0 Å². The summed E-state index contributed by atoms with van der Waals surface area (Å²) in [4.78, 5) is 3.74. The van der Waals surface area contributed by atoms with Gasteiger partial charge in [-0.25, -0.2) is 0 Å².